The Hall–Kier alpha value is -3.98. The van der Waals surface area contributed by atoms with E-state index in [4.69, 9.17) is 9.40 Å². The van der Waals surface area contributed by atoms with Gasteiger partial charge >= 0.3 is 0 Å². The lowest BCUT2D eigenvalue weighted by Gasteiger charge is -2.22. The van der Waals surface area contributed by atoms with E-state index in [9.17, 15) is 9.59 Å². The Kier molecular flexibility index (Phi) is 7.08. The van der Waals surface area contributed by atoms with Gasteiger partial charge in [-0.3, -0.25) is 14.5 Å². The minimum Gasteiger partial charge on any atom is -0.467 e. The van der Waals surface area contributed by atoms with E-state index in [1.54, 1.807) is 17.1 Å². The van der Waals surface area contributed by atoms with Crippen molar-refractivity contribution in [1.29, 1.82) is 0 Å². The molecule has 0 spiro atoms. The summed E-state index contributed by atoms with van der Waals surface area (Å²) in [7, 11) is 0. The summed E-state index contributed by atoms with van der Waals surface area (Å²) in [6.07, 6.45) is 4.16. The number of nitrogens with one attached hydrogen (secondary N) is 1. The average molecular weight is 487 g/mol. The number of hydrogen-bond donors (Lipinski definition) is 1. The van der Waals surface area contributed by atoms with E-state index in [-0.39, 0.29) is 11.8 Å². The standard InChI is InChI=1S/C27H30N6O3/c1-2-28-25(34)19-31-11-7-12-32(14-13-31)27(35)22-16-24(20-8-4-3-5-9-20)30-26-23(22)17-29-33(26)18-21-10-6-15-36-21/h3-6,8-10,15-17H,2,7,11-14,18-19H2,1H3,(H,28,34). The quantitative estimate of drug-likeness (QED) is 0.431. The van der Waals surface area contributed by atoms with Crippen molar-refractivity contribution in [3.8, 4) is 11.3 Å². The number of nitrogens with zero attached hydrogens (tertiary/aromatic N) is 5. The summed E-state index contributed by atoms with van der Waals surface area (Å²) in [6, 6.07) is 15.5. The fourth-order valence-corrected chi connectivity index (χ4v) is 4.61. The van der Waals surface area contributed by atoms with Crippen LogP contribution in [-0.4, -0.2) is 75.6 Å². The molecule has 186 valence electrons. The van der Waals surface area contributed by atoms with Gasteiger partial charge in [0.05, 0.1) is 35.6 Å². The summed E-state index contributed by atoms with van der Waals surface area (Å²) in [6.45, 7) is 5.94. The van der Waals surface area contributed by atoms with Gasteiger partial charge < -0.3 is 14.6 Å². The minimum absolute atomic E-state index is 0.0181. The maximum Gasteiger partial charge on any atom is 0.254 e. The fraction of sp³-hybridized carbons (Fsp3) is 0.333. The normalized spacial score (nSPS) is 14.6. The number of carbonyl (C=O) groups is 2. The van der Waals surface area contributed by atoms with Gasteiger partial charge in [0.1, 0.15) is 12.3 Å². The van der Waals surface area contributed by atoms with Crippen molar-refractivity contribution >= 4 is 22.8 Å². The molecule has 0 atom stereocenters. The summed E-state index contributed by atoms with van der Waals surface area (Å²) in [4.78, 5) is 34.8. The van der Waals surface area contributed by atoms with Crippen molar-refractivity contribution in [1.82, 2.24) is 29.9 Å². The molecular weight excluding hydrogens is 456 g/mol. The van der Waals surface area contributed by atoms with Crippen LogP contribution in [-0.2, 0) is 11.3 Å². The second-order valence-electron chi connectivity index (χ2n) is 8.92. The molecule has 3 aromatic heterocycles. The molecule has 1 aliphatic heterocycles. The van der Waals surface area contributed by atoms with Gasteiger partial charge in [0.15, 0.2) is 5.65 Å². The molecule has 5 rings (SSSR count). The lowest BCUT2D eigenvalue weighted by atomic mass is 10.1. The number of aromatic nitrogens is 3. The van der Waals surface area contributed by atoms with Crippen molar-refractivity contribution in [2.75, 3.05) is 39.3 Å². The van der Waals surface area contributed by atoms with Crippen molar-refractivity contribution in [2.24, 2.45) is 0 Å². The number of hydrogen-bond acceptors (Lipinski definition) is 6. The minimum atomic E-state index is -0.0445. The predicted octanol–water partition coefficient (Wildman–Crippen LogP) is 3.02. The Balaban J connectivity index is 1.46. The first-order chi connectivity index (χ1) is 17.6. The first-order valence-corrected chi connectivity index (χ1v) is 12.3. The highest BCUT2D eigenvalue weighted by Crippen LogP contribution is 2.27. The van der Waals surface area contributed by atoms with E-state index >= 15 is 0 Å². The van der Waals surface area contributed by atoms with Gasteiger partial charge in [0.2, 0.25) is 5.91 Å². The van der Waals surface area contributed by atoms with Crippen LogP contribution in [0, 0.1) is 0 Å². The Morgan fingerprint density at radius 3 is 2.69 bits per heavy atom. The molecule has 1 N–H and O–H groups in total. The molecule has 36 heavy (non-hydrogen) atoms. The van der Waals surface area contributed by atoms with Crippen LogP contribution in [0.15, 0.2) is 65.4 Å². The molecule has 4 heterocycles. The summed E-state index contributed by atoms with van der Waals surface area (Å²) in [5.41, 5.74) is 2.88. The van der Waals surface area contributed by atoms with Crippen LogP contribution in [0.2, 0.25) is 0 Å². The van der Waals surface area contributed by atoms with E-state index < -0.39 is 0 Å². The Bertz CT molecular complexity index is 1330. The van der Waals surface area contributed by atoms with Crippen LogP contribution >= 0.6 is 0 Å². The number of fused-ring (bicyclic) bond motifs is 1. The lowest BCUT2D eigenvalue weighted by molar-refractivity contribution is -0.122. The van der Waals surface area contributed by atoms with Crippen molar-refractivity contribution < 1.29 is 14.0 Å². The number of furan rings is 1. The number of carbonyl (C=O) groups excluding carboxylic acids is 2. The van der Waals surface area contributed by atoms with E-state index in [0.717, 1.165) is 35.4 Å². The molecule has 4 aromatic rings. The molecule has 9 heteroatoms. The van der Waals surface area contributed by atoms with Gasteiger partial charge in [-0.05, 0) is 31.5 Å². The molecule has 9 nitrogen and oxygen atoms in total. The predicted molar refractivity (Wildman–Crippen MR) is 136 cm³/mol. The number of rotatable bonds is 7. The van der Waals surface area contributed by atoms with Gasteiger partial charge in [-0.15, -0.1) is 0 Å². The number of benzene rings is 1. The third kappa shape index (κ3) is 5.16. The Morgan fingerprint density at radius 1 is 1.06 bits per heavy atom. The van der Waals surface area contributed by atoms with Crippen LogP contribution in [0.5, 0.6) is 0 Å². The highest BCUT2D eigenvalue weighted by molar-refractivity contribution is 6.06. The maximum atomic E-state index is 13.9. The van der Waals surface area contributed by atoms with Gasteiger partial charge in [0.25, 0.3) is 5.91 Å². The summed E-state index contributed by atoms with van der Waals surface area (Å²) in [5.74, 6) is 0.737. The molecule has 1 aliphatic rings. The van der Waals surface area contributed by atoms with Gasteiger partial charge in [-0.1, -0.05) is 30.3 Å². The molecule has 0 radical (unpaired) electrons. The zero-order chi connectivity index (χ0) is 24.9. The Labute approximate surface area is 209 Å². The topological polar surface area (TPSA) is 96.5 Å². The summed E-state index contributed by atoms with van der Waals surface area (Å²) < 4.78 is 7.28. The molecular formula is C27H30N6O3. The Morgan fingerprint density at radius 2 is 1.92 bits per heavy atom. The van der Waals surface area contributed by atoms with E-state index in [1.807, 2.05) is 60.4 Å². The first-order valence-electron chi connectivity index (χ1n) is 12.3. The number of likely N-dealkylation sites (N-methyl/N-ethyl adjacent to an activating group) is 1. The second-order valence-corrected chi connectivity index (χ2v) is 8.92. The zero-order valence-electron chi connectivity index (χ0n) is 20.4. The second kappa shape index (κ2) is 10.7. The van der Waals surface area contributed by atoms with Crippen LogP contribution in [0.3, 0.4) is 0 Å². The molecule has 0 unspecified atom stereocenters. The van der Waals surface area contributed by atoms with Crippen LogP contribution < -0.4 is 5.32 Å². The van der Waals surface area contributed by atoms with Crippen molar-refractivity contribution in [3.63, 3.8) is 0 Å². The molecule has 1 saturated heterocycles. The molecule has 1 fully saturated rings. The molecule has 1 aromatic carbocycles. The SMILES string of the molecule is CCNC(=O)CN1CCCN(C(=O)c2cc(-c3ccccc3)nc3c2cnn3Cc2ccco2)CC1. The summed E-state index contributed by atoms with van der Waals surface area (Å²) >= 11 is 0. The van der Waals surface area contributed by atoms with E-state index in [1.165, 1.54) is 0 Å². The van der Waals surface area contributed by atoms with Gasteiger partial charge in [-0.25, -0.2) is 9.67 Å². The van der Waals surface area contributed by atoms with Crippen LogP contribution in [0.25, 0.3) is 22.3 Å². The molecule has 2 amide bonds. The zero-order valence-corrected chi connectivity index (χ0v) is 20.4. The number of pyridine rings is 1. The molecule has 0 bridgehead atoms. The number of amides is 2. The maximum absolute atomic E-state index is 13.9. The van der Waals surface area contributed by atoms with Crippen LogP contribution in [0.4, 0.5) is 0 Å². The van der Waals surface area contributed by atoms with E-state index in [0.29, 0.717) is 50.5 Å². The third-order valence-corrected chi connectivity index (χ3v) is 6.41. The highest BCUT2D eigenvalue weighted by atomic mass is 16.3. The molecule has 0 saturated carbocycles. The van der Waals surface area contributed by atoms with Crippen molar-refractivity contribution in [3.05, 3.63) is 72.3 Å². The van der Waals surface area contributed by atoms with Crippen molar-refractivity contribution in [2.45, 2.75) is 19.9 Å². The highest BCUT2D eigenvalue weighted by Gasteiger charge is 2.25. The fourth-order valence-electron chi connectivity index (χ4n) is 4.61. The third-order valence-electron chi connectivity index (χ3n) is 6.41. The summed E-state index contributed by atoms with van der Waals surface area (Å²) in [5, 5.41) is 8.11. The lowest BCUT2D eigenvalue weighted by Crippen LogP contribution is -2.40. The van der Waals surface area contributed by atoms with Crippen LogP contribution in [0.1, 0.15) is 29.5 Å². The monoisotopic (exact) mass is 486 g/mol. The van der Waals surface area contributed by atoms with Gasteiger partial charge in [0, 0.05) is 38.3 Å². The van der Waals surface area contributed by atoms with E-state index in [2.05, 4.69) is 15.3 Å². The molecule has 0 aliphatic carbocycles. The van der Waals surface area contributed by atoms with Gasteiger partial charge in [-0.2, -0.15) is 5.10 Å². The first kappa shape index (κ1) is 23.7. The average Bonchev–Trinajstić information content (AvgIpc) is 3.49. The smallest absolute Gasteiger partial charge is 0.254 e. The largest absolute Gasteiger partial charge is 0.467 e.